The fourth-order valence-electron chi connectivity index (χ4n) is 1.57. The molecule has 1 saturated heterocycles. The molecule has 0 bridgehead atoms. The molecule has 1 atom stereocenters. The standard InChI is InChI=1S/C10H13ClN2OS2/c1-13(4-7-2-3-9(11)16-7)10(14)8-5-15-6-12-8/h2-3,8,12H,4-6H2,1H3. The molecular formula is C10H13ClN2OS2. The zero-order chi connectivity index (χ0) is 11.5. The van der Waals surface area contributed by atoms with E-state index < -0.39 is 0 Å². The van der Waals surface area contributed by atoms with Crippen molar-refractivity contribution in [3.8, 4) is 0 Å². The Morgan fingerprint density at radius 1 is 1.69 bits per heavy atom. The van der Waals surface area contributed by atoms with Crippen LogP contribution in [0.3, 0.4) is 0 Å². The summed E-state index contributed by atoms with van der Waals surface area (Å²) in [5.41, 5.74) is 0. The van der Waals surface area contributed by atoms with Gasteiger partial charge in [-0.25, -0.2) is 0 Å². The monoisotopic (exact) mass is 276 g/mol. The first kappa shape index (κ1) is 12.2. The third kappa shape index (κ3) is 2.91. The number of thioether (sulfide) groups is 1. The molecular weight excluding hydrogens is 264 g/mol. The Morgan fingerprint density at radius 2 is 2.50 bits per heavy atom. The minimum atomic E-state index is -0.0227. The molecule has 1 fully saturated rings. The van der Waals surface area contributed by atoms with Gasteiger partial charge in [0.25, 0.3) is 0 Å². The number of amides is 1. The van der Waals surface area contributed by atoms with Gasteiger partial charge < -0.3 is 4.90 Å². The van der Waals surface area contributed by atoms with Crippen molar-refractivity contribution >= 4 is 40.6 Å². The first-order valence-corrected chi connectivity index (χ1v) is 7.32. The van der Waals surface area contributed by atoms with Crippen LogP contribution in [0.5, 0.6) is 0 Å². The number of hydrogen-bond acceptors (Lipinski definition) is 4. The molecule has 0 aliphatic carbocycles. The van der Waals surface area contributed by atoms with Crippen molar-refractivity contribution in [2.75, 3.05) is 18.7 Å². The van der Waals surface area contributed by atoms with Crippen LogP contribution in [-0.4, -0.2) is 35.5 Å². The maximum atomic E-state index is 12.0. The van der Waals surface area contributed by atoms with E-state index >= 15 is 0 Å². The zero-order valence-electron chi connectivity index (χ0n) is 8.90. The number of halogens is 1. The molecule has 1 aliphatic rings. The minimum absolute atomic E-state index is 0.0227. The fraction of sp³-hybridized carbons (Fsp3) is 0.500. The van der Waals surface area contributed by atoms with E-state index in [1.165, 1.54) is 11.3 Å². The fourth-order valence-corrected chi connectivity index (χ4v) is 3.64. The quantitative estimate of drug-likeness (QED) is 0.917. The molecule has 6 heteroatoms. The summed E-state index contributed by atoms with van der Waals surface area (Å²) in [5.74, 6) is 1.90. The number of nitrogens with one attached hydrogen (secondary N) is 1. The third-order valence-corrected chi connectivity index (χ3v) is 4.57. The number of carbonyl (C=O) groups is 1. The molecule has 0 aromatic carbocycles. The minimum Gasteiger partial charge on any atom is -0.339 e. The second-order valence-electron chi connectivity index (χ2n) is 3.67. The van der Waals surface area contributed by atoms with E-state index in [9.17, 15) is 4.79 Å². The van der Waals surface area contributed by atoms with Crippen LogP contribution in [0.25, 0.3) is 0 Å². The molecule has 1 aromatic rings. The molecule has 88 valence electrons. The Labute approximate surface area is 108 Å². The third-order valence-electron chi connectivity index (χ3n) is 2.41. The lowest BCUT2D eigenvalue weighted by Gasteiger charge is -2.19. The van der Waals surface area contributed by atoms with Crippen molar-refractivity contribution < 1.29 is 4.79 Å². The Balaban J connectivity index is 1.91. The first-order chi connectivity index (χ1) is 7.66. The molecule has 1 amide bonds. The summed E-state index contributed by atoms with van der Waals surface area (Å²) in [4.78, 5) is 14.9. The number of likely N-dealkylation sites (N-methyl/N-ethyl adjacent to an activating group) is 1. The zero-order valence-corrected chi connectivity index (χ0v) is 11.3. The molecule has 1 unspecified atom stereocenters. The molecule has 0 spiro atoms. The second kappa shape index (κ2) is 5.40. The summed E-state index contributed by atoms with van der Waals surface area (Å²) in [6.45, 7) is 0.638. The maximum absolute atomic E-state index is 12.0. The van der Waals surface area contributed by atoms with Gasteiger partial charge >= 0.3 is 0 Å². The lowest BCUT2D eigenvalue weighted by atomic mass is 10.3. The Kier molecular flexibility index (Phi) is 4.13. The van der Waals surface area contributed by atoms with Gasteiger partial charge in [0.15, 0.2) is 0 Å². The van der Waals surface area contributed by atoms with E-state index in [0.717, 1.165) is 20.8 Å². The van der Waals surface area contributed by atoms with Gasteiger partial charge in [0.1, 0.15) is 0 Å². The summed E-state index contributed by atoms with van der Waals surface area (Å²) in [7, 11) is 1.83. The van der Waals surface area contributed by atoms with E-state index in [2.05, 4.69) is 5.32 Å². The second-order valence-corrected chi connectivity index (χ2v) is 6.50. The van der Waals surface area contributed by atoms with Gasteiger partial charge in [-0.05, 0) is 12.1 Å². The summed E-state index contributed by atoms with van der Waals surface area (Å²) in [6.07, 6.45) is 0. The summed E-state index contributed by atoms with van der Waals surface area (Å²) >= 11 is 9.13. The van der Waals surface area contributed by atoms with Crippen LogP contribution in [0, 0.1) is 0 Å². The summed E-state index contributed by atoms with van der Waals surface area (Å²) < 4.78 is 0.769. The predicted molar refractivity (Wildman–Crippen MR) is 70.1 cm³/mol. The van der Waals surface area contributed by atoms with E-state index in [4.69, 9.17) is 11.6 Å². The number of nitrogens with zero attached hydrogens (tertiary/aromatic N) is 1. The molecule has 3 nitrogen and oxygen atoms in total. The Morgan fingerprint density at radius 3 is 3.06 bits per heavy atom. The van der Waals surface area contributed by atoms with Crippen molar-refractivity contribution in [1.82, 2.24) is 10.2 Å². The lowest BCUT2D eigenvalue weighted by molar-refractivity contribution is -0.131. The summed E-state index contributed by atoms with van der Waals surface area (Å²) in [6, 6.07) is 3.81. The number of thiophene rings is 1. The van der Waals surface area contributed by atoms with E-state index in [1.807, 2.05) is 19.2 Å². The van der Waals surface area contributed by atoms with Crippen molar-refractivity contribution in [3.63, 3.8) is 0 Å². The molecule has 1 aromatic heterocycles. The molecule has 1 aliphatic heterocycles. The highest BCUT2D eigenvalue weighted by Crippen LogP contribution is 2.22. The molecule has 2 rings (SSSR count). The van der Waals surface area contributed by atoms with Crippen LogP contribution in [0.4, 0.5) is 0 Å². The molecule has 0 radical (unpaired) electrons. The normalized spacial score (nSPS) is 20.0. The number of rotatable bonds is 3. The van der Waals surface area contributed by atoms with Gasteiger partial charge in [-0.1, -0.05) is 11.6 Å². The number of carbonyl (C=O) groups excluding carboxylic acids is 1. The van der Waals surface area contributed by atoms with Crippen molar-refractivity contribution in [1.29, 1.82) is 0 Å². The molecule has 0 saturated carbocycles. The molecule has 2 heterocycles. The van der Waals surface area contributed by atoms with Crippen LogP contribution in [0.15, 0.2) is 12.1 Å². The predicted octanol–water partition coefficient (Wildman–Crippen LogP) is 2.02. The Bertz CT molecular complexity index is 377. The first-order valence-electron chi connectivity index (χ1n) is 4.97. The topological polar surface area (TPSA) is 32.3 Å². The van der Waals surface area contributed by atoms with Gasteiger partial charge in [0.05, 0.1) is 16.9 Å². The van der Waals surface area contributed by atoms with Crippen LogP contribution in [-0.2, 0) is 11.3 Å². The van der Waals surface area contributed by atoms with E-state index in [-0.39, 0.29) is 11.9 Å². The molecule has 16 heavy (non-hydrogen) atoms. The van der Waals surface area contributed by atoms with E-state index in [0.29, 0.717) is 6.54 Å². The van der Waals surface area contributed by atoms with Crippen molar-refractivity contribution in [2.24, 2.45) is 0 Å². The van der Waals surface area contributed by atoms with Crippen LogP contribution >= 0.6 is 34.7 Å². The lowest BCUT2D eigenvalue weighted by Crippen LogP contribution is -2.42. The van der Waals surface area contributed by atoms with Gasteiger partial charge in [-0.3, -0.25) is 10.1 Å². The van der Waals surface area contributed by atoms with Crippen molar-refractivity contribution in [2.45, 2.75) is 12.6 Å². The highest BCUT2D eigenvalue weighted by Gasteiger charge is 2.25. The maximum Gasteiger partial charge on any atom is 0.240 e. The Hall–Kier alpha value is -0.230. The smallest absolute Gasteiger partial charge is 0.240 e. The largest absolute Gasteiger partial charge is 0.339 e. The van der Waals surface area contributed by atoms with Crippen LogP contribution < -0.4 is 5.32 Å². The van der Waals surface area contributed by atoms with Gasteiger partial charge in [-0.15, -0.1) is 23.1 Å². The van der Waals surface area contributed by atoms with Crippen molar-refractivity contribution in [3.05, 3.63) is 21.3 Å². The SMILES string of the molecule is CN(Cc1ccc(Cl)s1)C(=O)C1CSCN1. The average molecular weight is 277 g/mol. The highest BCUT2D eigenvalue weighted by molar-refractivity contribution is 7.99. The van der Waals surface area contributed by atoms with Crippen LogP contribution in [0.2, 0.25) is 4.34 Å². The highest BCUT2D eigenvalue weighted by atomic mass is 35.5. The summed E-state index contributed by atoms with van der Waals surface area (Å²) in [5, 5.41) is 3.18. The van der Waals surface area contributed by atoms with Gasteiger partial charge in [0.2, 0.25) is 5.91 Å². The van der Waals surface area contributed by atoms with Gasteiger partial charge in [-0.2, -0.15) is 0 Å². The van der Waals surface area contributed by atoms with E-state index in [1.54, 1.807) is 16.7 Å². The van der Waals surface area contributed by atoms with Crippen LogP contribution in [0.1, 0.15) is 4.88 Å². The van der Waals surface area contributed by atoms with Gasteiger partial charge in [0, 0.05) is 23.6 Å². The number of hydrogen-bond donors (Lipinski definition) is 1. The average Bonchev–Trinajstić information content (AvgIpc) is 2.88. The molecule has 1 N–H and O–H groups in total.